The van der Waals surface area contributed by atoms with Crippen LogP contribution >= 0.6 is 11.6 Å². The van der Waals surface area contributed by atoms with Gasteiger partial charge in [-0.3, -0.25) is 0 Å². The third kappa shape index (κ3) is 4.39. The van der Waals surface area contributed by atoms with Gasteiger partial charge in [0, 0.05) is 24.3 Å². The fourth-order valence-corrected chi connectivity index (χ4v) is 1.54. The molecule has 1 rings (SSSR count). The minimum absolute atomic E-state index is 0.0615. The number of aliphatic hydroxyl groups excluding tert-OH is 1. The predicted octanol–water partition coefficient (Wildman–Crippen LogP) is 2.64. The summed E-state index contributed by atoms with van der Waals surface area (Å²) in [4.78, 5) is 0. The van der Waals surface area contributed by atoms with Crippen LogP contribution in [0.5, 0.6) is 5.75 Å². The van der Waals surface area contributed by atoms with Crippen molar-refractivity contribution in [1.82, 2.24) is 0 Å². The Morgan fingerprint density at radius 1 is 1.25 bits per heavy atom. The first-order valence-corrected chi connectivity index (χ1v) is 5.66. The monoisotopic (exact) mass is 244 g/mol. The molecule has 0 radical (unpaired) electrons. The molecule has 1 aromatic rings. The number of hydrogen-bond acceptors (Lipinski definition) is 3. The molecule has 0 aromatic heterocycles. The molecule has 0 spiro atoms. The van der Waals surface area contributed by atoms with Crippen LogP contribution in [-0.4, -0.2) is 25.4 Å². The lowest BCUT2D eigenvalue weighted by Gasteiger charge is -2.10. The lowest BCUT2D eigenvalue weighted by Crippen LogP contribution is -2.01. The second kappa shape index (κ2) is 7.49. The van der Waals surface area contributed by atoms with Gasteiger partial charge >= 0.3 is 0 Å². The van der Waals surface area contributed by atoms with Gasteiger partial charge in [0.25, 0.3) is 0 Å². The lowest BCUT2D eigenvalue weighted by atomic mass is 10.2. The Morgan fingerprint density at radius 3 is 2.69 bits per heavy atom. The molecule has 16 heavy (non-hydrogen) atoms. The van der Waals surface area contributed by atoms with Crippen molar-refractivity contribution < 1.29 is 14.6 Å². The molecule has 0 aliphatic carbocycles. The van der Waals surface area contributed by atoms with E-state index in [1.165, 1.54) is 0 Å². The molecular formula is C12H17ClO3. The van der Waals surface area contributed by atoms with E-state index in [0.29, 0.717) is 17.4 Å². The lowest BCUT2D eigenvalue weighted by molar-refractivity contribution is 0.183. The van der Waals surface area contributed by atoms with E-state index in [9.17, 15) is 0 Å². The summed E-state index contributed by atoms with van der Waals surface area (Å²) in [5.74, 6) is 0.698. The van der Waals surface area contributed by atoms with Gasteiger partial charge in [0.15, 0.2) is 0 Å². The first-order valence-electron chi connectivity index (χ1n) is 5.29. The number of halogens is 1. The first-order chi connectivity index (χ1) is 7.77. The number of aliphatic hydroxyl groups is 1. The Balaban J connectivity index is 2.41. The van der Waals surface area contributed by atoms with Crippen molar-refractivity contribution in [3.8, 4) is 5.75 Å². The van der Waals surface area contributed by atoms with Gasteiger partial charge in [-0.2, -0.15) is 0 Å². The summed E-state index contributed by atoms with van der Waals surface area (Å²) >= 11 is 5.81. The Kier molecular flexibility index (Phi) is 6.23. The van der Waals surface area contributed by atoms with E-state index < -0.39 is 0 Å². The van der Waals surface area contributed by atoms with Crippen LogP contribution in [0.15, 0.2) is 18.2 Å². The highest BCUT2D eigenvalue weighted by Gasteiger charge is 2.03. The van der Waals surface area contributed by atoms with Gasteiger partial charge in [-0.25, -0.2) is 0 Å². The average molecular weight is 245 g/mol. The standard InChI is InChI=1S/C12H17ClO3/c1-15-6-2-3-7-16-12-5-4-11(13)8-10(12)9-14/h4-5,8,14H,2-3,6-7,9H2,1H3. The number of unbranched alkanes of at least 4 members (excludes halogenated alkanes) is 1. The Morgan fingerprint density at radius 2 is 2.00 bits per heavy atom. The summed E-state index contributed by atoms with van der Waals surface area (Å²) in [7, 11) is 1.68. The minimum Gasteiger partial charge on any atom is -0.493 e. The Labute approximate surface area is 101 Å². The molecule has 0 bridgehead atoms. The Hall–Kier alpha value is -0.770. The Bertz CT molecular complexity index is 315. The molecular weight excluding hydrogens is 228 g/mol. The molecule has 0 aliphatic rings. The maximum absolute atomic E-state index is 9.12. The summed E-state index contributed by atoms with van der Waals surface area (Å²) < 4.78 is 10.5. The molecule has 0 saturated carbocycles. The highest BCUT2D eigenvalue weighted by atomic mass is 35.5. The topological polar surface area (TPSA) is 38.7 Å². The normalized spacial score (nSPS) is 10.4. The van der Waals surface area contributed by atoms with Crippen LogP contribution in [-0.2, 0) is 11.3 Å². The van der Waals surface area contributed by atoms with Crippen LogP contribution in [0.2, 0.25) is 5.02 Å². The van der Waals surface area contributed by atoms with Gasteiger partial charge in [-0.05, 0) is 31.0 Å². The molecule has 4 heteroatoms. The van der Waals surface area contributed by atoms with Crippen LogP contribution in [0.4, 0.5) is 0 Å². The van der Waals surface area contributed by atoms with Crippen molar-refractivity contribution in [2.45, 2.75) is 19.4 Å². The minimum atomic E-state index is -0.0615. The summed E-state index contributed by atoms with van der Waals surface area (Å²) in [5, 5.41) is 9.73. The number of ether oxygens (including phenoxy) is 2. The summed E-state index contributed by atoms with van der Waals surface area (Å²) in [6, 6.07) is 5.25. The van der Waals surface area contributed by atoms with Crippen molar-refractivity contribution in [2.75, 3.05) is 20.3 Å². The zero-order valence-corrected chi connectivity index (χ0v) is 10.2. The van der Waals surface area contributed by atoms with E-state index in [2.05, 4.69) is 0 Å². The third-order valence-electron chi connectivity index (χ3n) is 2.19. The number of hydrogen-bond donors (Lipinski definition) is 1. The summed E-state index contributed by atoms with van der Waals surface area (Å²) in [6.45, 7) is 1.31. The van der Waals surface area contributed by atoms with Gasteiger partial charge in [0.05, 0.1) is 13.2 Å². The molecule has 0 fully saturated rings. The molecule has 1 N–H and O–H groups in total. The van der Waals surface area contributed by atoms with Crippen molar-refractivity contribution >= 4 is 11.6 Å². The zero-order chi connectivity index (χ0) is 11.8. The fourth-order valence-electron chi connectivity index (χ4n) is 1.34. The van der Waals surface area contributed by atoms with Gasteiger partial charge < -0.3 is 14.6 Å². The number of rotatable bonds is 7. The predicted molar refractivity (Wildman–Crippen MR) is 64.0 cm³/mol. The summed E-state index contributed by atoms with van der Waals surface area (Å²) in [6.07, 6.45) is 1.90. The van der Waals surface area contributed by atoms with Crippen LogP contribution in [0.3, 0.4) is 0 Å². The van der Waals surface area contributed by atoms with Crippen LogP contribution < -0.4 is 4.74 Å². The largest absolute Gasteiger partial charge is 0.493 e. The van der Waals surface area contributed by atoms with Crippen molar-refractivity contribution in [3.63, 3.8) is 0 Å². The number of benzene rings is 1. The van der Waals surface area contributed by atoms with Crippen molar-refractivity contribution in [2.24, 2.45) is 0 Å². The molecule has 0 aliphatic heterocycles. The SMILES string of the molecule is COCCCCOc1ccc(Cl)cc1CO. The van der Waals surface area contributed by atoms with Crippen LogP contribution in [0.25, 0.3) is 0 Å². The molecule has 90 valence electrons. The highest BCUT2D eigenvalue weighted by molar-refractivity contribution is 6.30. The number of methoxy groups -OCH3 is 1. The van der Waals surface area contributed by atoms with Crippen molar-refractivity contribution in [3.05, 3.63) is 28.8 Å². The van der Waals surface area contributed by atoms with Gasteiger partial charge in [0.2, 0.25) is 0 Å². The molecule has 0 unspecified atom stereocenters. The van der Waals surface area contributed by atoms with Crippen molar-refractivity contribution in [1.29, 1.82) is 0 Å². The molecule has 1 aromatic carbocycles. The van der Waals surface area contributed by atoms with E-state index in [1.807, 2.05) is 0 Å². The molecule has 0 heterocycles. The molecule has 0 saturated heterocycles. The maximum atomic E-state index is 9.12. The summed E-state index contributed by atoms with van der Waals surface area (Å²) in [5.41, 5.74) is 0.722. The molecule has 3 nitrogen and oxygen atoms in total. The van der Waals surface area contributed by atoms with E-state index in [4.69, 9.17) is 26.2 Å². The van der Waals surface area contributed by atoms with E-state index in [0.717, 1.165) is 25.0 Å². The van der Waals surface area contributed by atoms with E-state index in [-0.39, 0.29) is 6.61 Å². The van der Waals surface area contributed by atoms with Gasteiger partial charge in [-0.15, -0.1) is 0 Å². The average Bonchev–Trinajstić information content (AvgIpc) is 2.30. The fraction of sp³-hybridized carbons (Fsp3) is 0.500. The van der Waals surface area contributed by atoms with Gasteiger partial charge in [-0.1, -0.05) is 11.6 Å². The second-order valence-corrected chi connectivity index (χ2v) is 3.89. The second-order valence-electron chi connectivity index (χ2n) is 3.46. The smallest absolute Gasteiger partial charge is 0.124 e. The van der Waals surface area contributed by atoms with Crippen LogP contribution in [0.1, 0.15) is 18.4 Å². The molecule has 0 atom stereocenters. The zero-order valence-electron chi connectivity index (χ0n) is 9.41. The first kappa shape index (κ1) is 13.3. The quantitative estimate of drug-likeness (QED) is 0.750. The molecule has 0 amide bonds. The maximum Gasteiger partial charge on any atom is 0.124 e. The van der Waals surface area contributed by atoms with Crippen LogP contribution in [0, 0.1) is 0 Å². The highest BCUT2D eigenvalue weighted by Crippen LogP contribution is 2.23. The van der Waals surface area contributed by atoms with E-state index >= 15 is 0 Å². The van der Waals surface area contributed by atoms with Gasteiger partial charge in [0.1, 0.15) is 5.75 Å². The van der Waals surface area contributed by atoms with E-state index in [1.54, 1.807) is 25.3 Å². The third-order valence-corrected chi connectivity index (χ3v) is 2.43.